The van der Waals surface area contributed by atoms with Crippen molar-refractivity contribution in [2.45, 2.75) is 12.8 Å². The summed E-state index contributed by atoms with van der Waals surface area (Å²) in [6.45, 7) is 2.36. The highest BCUT2D eigenvalue weighted by Crippen LogP contribution is 2.13. The fourth-order valence-electron chi connectivity index (χ4n) is 1.74. The maximum atomic E-state index is 9.10. The Hall–Kier alpha value is -1.95. The zero-order valence-electron chi connectivity index (χ0n) is 9.87. The molecule has 98 valence electrons. The predicted octanol–water partition coefficient (Wildman–Crippen LogP) is 0.389. The fourth-order valence-corrected chi connectivity index (χ4v) is 1.74. The van der Waals surface area contributed by atoms with E-state index in [2.05, 4.69) is 16.4 Å². The van der Waals surface area contributed by atoms with Gasteiger partial charge >= 0.3 is 11.9 Å². The Kier molecular flexibility index (Phi) is 5.79. The van der Waals surface area contributed by atoms with Gasteiger partial charge in [-0.1, -0.05) is 6.07 Å². The number of carboxylic acid groups (broad SMARTS) is 2. The Balaban J connectivity index is 0.000000232. The summed E-state index contributed by atoms with van der Waals surface area (Å²) in [5.41, 5.74) is 1.37. The van der Waals surface area contributed by atoms with E-state index in [0.717, 1.165) is 5.92 Å². The molecule has 0 amide bonds. The summed E-state index contributed by atoms with van der Waals surface area (Å²) < 4.78 is 0. The summed E-state index contributed by atoms with van der Waals surface area (Å²) in [6.07, 6.45) is 6.30. The highest BCUT2D eigenvalue weighted by Gasteiger charge is 2.14. The van der Waals surface area contributed by atoms with Crippen LogP contribution in [0.2, 0.25) is 0 Å². The van der Waals surface area contributed by atoms with Gasteiger partial charge in [-0.2, -0.15) is 0 Å². The number of hydrogen-bond donors (Lipinski definition) is 3. The van der Waals surface area contributed by atoms with Crippen LogP contribution >= 0.6 is 0 Å². The van der Waals surface area contributed by atoms with Crippen molar-refractivity contribution in [3.63, 3.8) is 0 Å². The molecule has 0 aliphatic carbocycles. The van der Waals surface area contributed by atoms with Gasteiger partial charge in [-0.15, -0.1) is 0 Å². The Morgan fingerprint density at radius 1 is 1.39 bits per heavy atom. The molecule has 1 atom stereocenters. The second-order valence-corrected chi connectivity index (χ2v) is 4.03. The molecule has 1 aromatic heterocycles. The maximum absolute atomic E-state index is 9.10. The van der Waals surface area contributed by atoms with E-state index in [1.165, 1.54) is 31.5 Å². The molecule has 1 saturated heterocycles. The highest BCUT2D eigenvalue weighted by atomic mass is 16.4. The van der Waals surface area contributed by atoms with E-state index in [-0.39, 0.29) is 0 Å². The summed E-state index contributed by atoms with van der Waals surface area (Å²) in [5, 5.41) is 18.2. The van der Waals surface area contributed by atoms with Crippen molar-refractivity contribution in [3.05, 3.63) is 30.1 Å². The monoisotopic (exact) mass is 252 g/mol. The van der Waals surface area contributed by atoms with Crippen LogP contribution < -0.4 is 5.32 Å². The molecule has 1 aliphatic rings. The molecule has 1 aromatic rings. The Morgan fingerprint density at radius 2 is 2.11 bits per heavy atom. The molecule has 0 bridgehead atoms. The SMILES string of the molecule is O=C(O)C(=O)O.c1cncc(CC2CCNC2)c1. The first-order valence-corrected chi connectivity index (χ1v) is 5.65. The van der Waals surface area contributed by atoms with Crippen molar-refractivity contribution in [3.8, 4) is 0 Å². The predicted molar refractivity (Wildman–Crippen MR) is 64.2 cm³/mol. The molecule has 18 heavy (non-hydrogen) atoms. The van der Waals surface area contributed by atoms with Gasteiger partial charge in [-0.3, -0.25) is 4.98 Å². The smallest absolute Gasteiger partial charge is 0.414 e. The Morgan fingerprint density at radius 3 is 2.56 bits per heavy atom. The van der Waals surface area contributed by atoms with E-state index in [1.54, 1.807) is 0 Å². The second-order valence-electron chi connectivity index (χ2n) is 4.03. The molecular formula is C12H16N2O4. The summed E-state index contributed by atoms with van der Waals surface area (Å²) in [5.74, 6) is -2.82. The van der Waals surface area contributed by atoms with Gasteiger partial charge in [0.2, 0.25) is 0 Å². The number of pyridine rings is 1. The lowest BCUT2D eigenvalue weighted by atomic mass is 10.0. The summed E-state index contributed by atoms with van der Waals surface area (Å²) in [6, 6.07) is 4.17. The second kappa shape index (κ2) is 7.39. The zero-order valence-corrected chi connectivity index (χ0v) is 9.87. The number of carbonyl (C=O) groups is 2. The topological polar surface area (TPSA) is 99.5 Å². The van der Waals surface area contributed by atoms with Crippen LogP contribution in [0.4, 0.5) is 0 Å². The number of rotatable bonds is 2. The quantitative estimate of drug-likeness (QED) is 0.658. The van der Waals surface area contributed by atoms with Crippen LogP contribution in [0.1, 0.15) is 12.0 Å². The molecule has 6 nitrogen and oxygen atoms in total. The minimum Gasteiger partial charge on any atom is -0.473 e. The van der Waals surface area contributed by atoms with E-state index in [1.807, 2.05) is 18.5 Å². The number of nitrogens with one attached hydrogen (secondary N) is 1. The molecule has 0 saturated carbocycles. The molecule has 0 aromatic carbocycles. The normalized spacial score (nSPS) is 17.7. The van der Waals surface area contributed by atoms with E-state index in [4.69, 9.17) is 19.8 Å². The zero-order chi connectivity index (χ0) is 13.4. The summed E-state index contributed by atoms with van der Waals surface area (Å²) >= 11 is 0. The molecular weight excluding hydrogens is 236 g/mol. The average molecular weight is 252 g/mol. The molecule has 2 heterocycles. The molecule has 1 aliphatic heterocycles. The first-order chi connectivity index (χ1) is 8.59. The molecule has 0 radical (unpaired) electrons. The lowest BCUT2D eigenvalue weighted by Gasteiger charge is -2.06. The summed E-state index contributed by atoms with van der Waals surface area (Å²) in [7, 11) is 0. The van der Waals surface area contributed by atoms with Crippen LogP contribution in [0.15, 0.2) is 24.5 Å². The Bertz CT molecular complexity index is 376. The van der Waals surface area contributed by atoms with Gasteiger partial charge < -0.3 is 15.5 Å². The third-order valence-electron chi connectivity index (χ3n) is 2.59. The lowest BCUT2D eigenvalue weighted by Crippen LogP contribution is -2.10. The number of aromatic nitrogens is 1. The average Bonchev–Trinajstić information content (AvgIpc) is 2.84. The van der Waals surface area contributed by atoms with Crippen molar-refractivity contribution in [1.82, 2.24) is 10.3 Å². The van der Waals surface area contributed by atoms with Crippen molar-refractivity contribution >= 4 is 11.9 Å². The third kappa shape index (κ3) is 5.40. The van der Waals surface area contributed by atoms with Gasteiger partial charge in [0.25, 0.3) is 0 Å². The van der Waals surface area contributed by atoms with Gasteiger partial charge in [0.05, 0.1) is 0 Å². The van der Waals surface area contributed by atoms with Crippen LogP contribution in [0, 0.1) is 5.92 Å². The molecule has 2 rings (SSSR count). The van der Waals surface area contributed by atoms with Gasteiger partial charge in [0.1, 0.15) is 0 Å². The molecule has 3 N–H and O–H groups in total. The molecule has 1 fully saturated rings. The van der Waals surface area contributed by atoms with Crippen molar-refractivity contribution in [1.29, 1.82) is 0 Å². The van der Waals surface area contributed by atoms with E-state index < -0.39 is 11.9 Å². The third-order valence-corrected chi connectivity index (χ3v) is 2.59. The minimum atomic E-state index is -1.82. The number of carboxylic acids is 2. The maximum Gasteiger partial charge on any atom is 0.414 e. The Labute approximate surface area is 105 Å². The number of nitrogens with zero attached hydrogens (tertiary/aromatic N) is 1. The number of hydrogen-bond acceptors (Lipinski definition) is 4. The summed E-state index contributed by atoms with van der Waals surface area (Å²) in [4.78, 5) is 22.3. The van der Waals surface area contributed by atoms with Gasteiger partial charge in [-0.25, -0.2) is 9.59 Å². The van der Waals surface area contributed by atoms with Crippen LogP contribution in [0.25, 0.3) is 0 Å². The largest absolute Gasteiger partial charge is 0.473 e. The van der Waals surface area contributed by atoms with Crippen LogP contribution in [-0.4, -0.2) is 40.2 Å². The van der Waals surface area contributed by atoms with Crippen molar-refractivity contribution in [2.24, 2.45) is 5.92 Å². The van der Waals surface area contributed by atoms with E-state index in [0.29, 0.717) is 0 Å². The standard InChI is InChI=1S/C10H14N2.C2H2O4/c1-2-9(7-11-4-1)6-10-3-5-12-8-10;3-1(4)2(5)6/h1-2,4,7,10,12H,3,5-6,8H2;(H,3,4)(H,5,6). The minimum absolute atomic E-state index is 0.828. The van der Waals surface area contributed by atoms with Crippen molar-refractivity contribution < 1.29 is 19.8 Å². The fraction of sp³-hybridized carbons (Fsp3) is 0.417. The molecule has 1 unspecified atom stereocenters. The van der Waals surface area contributed by atoms with Crippen molar-refractivity contribution in [2.75, 3.05) is 13.1 Å². The number of aliphatic carboxylic acids is 2. The van der Waals surface area contributed by atoms with E-state index in [9.17, 15) is 0 Å². The highest BCUT2D eigenvalue weighted by molar-refractivity contribution is 6.27. The van der Waals surface area contributed by atoms with Gasteiger partial charge in [-0.05, 0) is 43.5 Å². The first kappa shape index (κ1) is 14.1. The van der Waals surface area contributed by atoms with Gasteiger partial charge in [0, 0.05) is 12.4 Å². The molecule has 0 spiro atoms. The van der Waals surface area contributed by atoms with Gasteiger partial charge in [0.15, 0.2) is 0 Å². The van der Waals surface area contributed by atoms with Crippen LogP contribution in [0.3, 0.4) is 0 Å². The molecule has 6 heteroatoms. The van der Waals surface area contributed by atoms with Crippen LogP contribution in [0.5, 0.6) is 0 Å². The van der Waals surface area contributed by atoms with Crippen LogP contribution in [-0.2, 0) is 16.0 Å². The first-order valence-electron chi connectivity index (χ1n) is 5.65. The lowest BCUT2D eigenvalue weighted by molar-refractivity contribution is -0.159. The van der Waals surface area contributed by atoms with E-state index >= 15 is 0 Å².